The molecule has 0 saturated heterocycles. The number of oxazole rings is 1. The fourth-order valence-electron chi connectivity index (χ4n) is 3.04. The summed E-state index contributed by atoms with van der Waals surface area (Å²) < 4.78 is 16.9. The van der Waals surface area contributed by atoms with Crippen molar-refractivity contribution in [2.75, 3.05) is 6.61 Å². The first-order valence-electron chi connectivity index (χ1n) is 9.67. The van der Waals surface area contributed by atoms with Gasteiger partial charge in [-0.05, 0) is 50.1 Å². The molecule has 0 aliphatic rings. The molecule has 2 aromatic carbocycles. The second kappa shape index (κ2) is 9.78. The largest absolute Gasteiger partial charge is 0.487 e. The Bertz CT molecular complexity index is 1030. The SMILES string of the molecule is CCO[C@@H](Cc1ccc(OCc2nc(-c3ccccc3C)oc2C)cc1Cl)C(=O)O. The Morgan fingerprint density at radius 2 is 2.00 bits per heavy atom. The van der Waals surface area contributed by atoms with Gasteiger partial charge in [-0.15, -0.1) is 0 Å². The molecule has 1 heterocycles. The fourth-order valence-corrected chi connectivity index (χ4v) is 3.29. The maximum atomic E-state index is 11.3. The molecule has 1 atom stereocenters. The van der Waals surface area contributed by atoms with Gasteiger partial charge >= 0.3 is 5.97 Å². The lowest BCUT2D eigenvalue weighted by atomic mass is 10.1. The Hall–Kier alpha value is -2.83. The van der Waals surface area contributed by atoms with E-state index in [-0.39, 0.29) is 13.0 Å². The third-order valence-electron chi connectivity index (χ3n) is 4.72. The monoisotopic (exact) mass is 429 g/mol. The molecule has 0 saturated carbocycles. The molecule has 3 aromatic rings. The summed E-state index contributed by atoms with van der Waals surface area (Å²) in [5.74, 6) is 0.802. The van der Waals surface area contributed by atoms with Crippen molar-refractivity contribution in [3.63, 3.8) is 0 Å². The van der Waals surface area contributed by atoms with Gasteiger partial charge in [-0.2, -0.15) is 0 Å². The quantitative estimate of drug-likeness (QED) is 0.502. The summed E-state index contributed by atoms with van der Waals surface area (Å²) in [5, 5.41) is 9.67. The zero-order chi connectivity index (χ0) is 21.7. The predicted octanol–water partition coefficient (Wildman–Crippen LogP) is 5.22. The van der Waals surface area contributed by atoms with Crippen LogP contribution in [0.1, 0.15) is 29.5 Å². The molecule has 30 heavy (non-hydrogen) atoms. The highest BCUT2D eigenvalue weighted by molar-refractivity contribution is 6.31. The normalized spacial score (nSPS) is 12.0. The lowest BCUT2D eigenvalue weighted by Crippen LogP contribution is -2.26. The molecule has 0 aliphatic heterocycles. The van der Waals surface area contributed by atoms with Crippen molar-refractivity contribution in [2.24, 2.45) is 0 Å². The number of rotatable bonds is 9. The van der Waals surface area contributed by atoms with Crippen LogP contribution in [0.25, 0.3) is 11.5 Å². The second-order valence-electron chi connectivity index (χ2n) is 6.87. The number of aryl methyl sites for hydroxylation is 2. The van der Waals surface area contributed by atoms with Crippen molar-refractivity contribution in [3.05, 3.63) is 70.1 Å². The van der Waals surface area contributed by atoms with Crippen molar-refractivity contribution in [2.45, 2.75) is 39.9 Å². The average Bonchev–Trinajstić information content (AvgIpc) is 3.08. The molecule has 0 bridgehead atoms. The van der Waals surface area contributed by atoms with Gasteiger partial charge in [0, 0.05) is 23.6 Å². The molecule has 7 heteroatoms. The van der Waals surface area contributed by atoms with Crippen molar-refractivity contribution in [3.8, 4) is 17.2 Å². The first-order chi connectivity index (χ1) is 14.4. The summed E-state index contributed by atoms with van der Waals surface area (Å²) in [4.78, 5) is 15.8. The summed E-state index contributed by atoms with van der Waals surface area (Å²) in [6.07, 6.45) is -0.748. The Kier molecular flexibility index (Phi) is 7.13. The van der Waals surface area contributed by atoms with Gasteiger partial charge in [0.05, 0.1) is 0 Å². The van der Waals surface area contributed by atoms with E-state index in [0.29, 0.717) is 40.3 Å². The summed E-state index contributed by atoms with van der Waals surface area (Å²) >= 11 is 6.33. The number of carboxylic acids is 1. The molecule has 1 aromatic heterocycles. The van der Waals surface area contributed by atoms with E-state index in [1.165, 1.54) is 0 Å². The molecule has 6 nitrogen and oxygen atoms in total. The predicted molar refractivity (Wildman–Crippen MR) is 114 cm³/mol. The lowest BCUT2D eigenvalue weighted by Gasteiger charge is -2.14. The van der Waals surface area contributed by atoms with Crippen molar-refractivity contribution >= 4 is 17.6 Å². The van der Waals surface area contributed by atoms with E-state index in [1.807, 2.05) is 38.1 Å². The van der Waals surface area contributed by atoms with Crippen LogP contribution >= 0.6 is 11.6 Å². The van der Waals surface area contributed by atoms with E-state index in [2.05, 4.69) is 4.98 Å². The molecule has 0 unspecified atom stereocenters. The van der Waals surface area contributed by atoms with Crippen molar-refractivity contribution in [1.82, 2.24) is 4.98 Å². The van der Waals surface area contributed by atoms with Gasteiger partial charge in [0.15, 0.2) is 6.10 Å². The number of halogens is 1. The maximum Gasteiger partial charge on any atom is 0.333 e. The smallest absolute Gasteiger partial charge is 0.333 e. The molecule has 0 aliphatic carbocycles. The molecule has 3 rings (SSSR count). The summed E-state index contributed by atoms with van der Waals surface area (Å²) in [6.45, 7) is 6.16. The summed E-state index contributed by atoms with van der Waals surface area (Å²) in [6, 6.07) is 13.1. The maximum absolute atomic E-state index is 11.3. The highest BCUT2D eigenvalue weighted by Gasteiger charge is 2.20. The van der Waals surface area contributed by atoms with Crippen LogP contribution in [0.5, 0.6) is 5.75 Å². The lowest BCUT2D eigenvalue weighted by molar-refractivity contribution is -0.149. The van der Waals surface area contributed by atoms with E-state index in [9.17, 15) is 9.90 Å². The molecule has 158 valence electrons. The fraction of sp³-hybridized carbons (Fsp3) is 0.304. The number of aromatic nitrogens is 1. The molecule has 0 spiro atoms. The zero-order valence-corrected chi connectivity index (χ0v) is 17.9. The molecule has 0 amide bonds. The number of nitrogens with zero attached hydrogens (tertiary/aromatic N) is 1. The highest BCUT2D eigenvalue weighted by atomic mass is 35.5. The molecule has 0 fully saturated rings. The minimum Gasteiger partial charge on any atom is -0.487 e. The first kappa shape index (κ1) is 21.9. The first-order valence-corrected chi connectivity index (χ1v) is 10.0. The third-order valence-corrected chi connectivity index (χ3v) is 5.07. The van der Waals surface area contributed by atoms with Crippen LogP contribution in [0, 0.1) is 13.8 Å². The van der Waals surface area contributed by atoms with Crippen LogP contribution < -0.4 is 4.74 Å². The van der Waals surface area contributed by atoms with Crippen LogP contribution in [0.2, 0.25) is 5.02 Å². The number of aliphatic carboxylic acids is 1. The number of hydrogen-bond donors (Lipinski definition) is 1. The van der Waals surface area contributed by atoms with Gasteiger partial charge < -0.3 is 19.0 Å². The van der Waals surface area contributed by atoms with Gasteiger partial charge in [0.2, 0.25) is 5.89 Å². The molecule has 1 N–H and O–H groups in total. The van der Waals surface area contributed by atoms with Crippen LogP contribution in [-0.2, 0) is 22.6 Å². The minimum atomic E-state index is -1.01. The Labute approximate surface area is 180 Å². The Morgan fingerprint density at radius 3 is 2.67 bits per heavy atom. The van der Waals surface area contributed by atoms with Crippen LogP contribution in [0.3, 0.4) is 0 Å². The number of ether oxygens (including phenoxy) is 2. The van der Waals surface area contributed by atoms with Gasteiger partial charge in [-0.25, -0.2) is 9.78 Å². The number of carboxylic acid groups (broad SMARTS) is 1. The Morgan fingerprint density at radius 1 is 1.23 bits per heavy atom. The third kappa shape index (κ3) is 5.20. The molecular weight excluding hydrogens is 406 g/mol. The van der Waals surface area contributed by atoms with Gasteiger partial charge in [0.25, 0.3) is 0 Å². The average molecular weight is 430 g/mol. The zero-order valence-electron chi connectivity index (χ0n) is 17.1. The standard InChI is InChI=1S/C23H24ClNO5/c1-4-28-21(23(26)27)11-16-9-10-17(12-19(16)24)29-13-20-15(3)30-22(25-20)18-8-6-5-7-14(18)2/h5-10,12,21H,4,11,13H2,1-3H3,(H,26,27)/t21-/m0/s1. The molecular formula is C23H24ClNO5. The Balaban J connectivity index is 1.69. The van der Waals surface area contributed by atoms with Gasteiger partial charge in [-0.3, -0.25) is 0 Å². The topological polar surface area (TPSA) is 81.8 Å². The van der Waals surface area contributed by atoms with E-state index in [0.717, 1.165) is 11.1 Å². The second-order valence-corrected chi connectivity index (χ2v) is 7.27. The van der Waals surface area contributed by atoms with Crippen LogP contribution in [0.4, 0.5) is 0 Å². The van der Waals surface area contributed by atoms with E-state index < -0.39 is 12.1 Å². The van der Waals surface area contributed by atoms with E-state index >= 15 is 0 Å². The van der Waals surface area contributed by atoms with Crippen molar-refractivity contribution < 1.29 is 23.8 Å². The minimum absolute atomic E-state index is 0.185. The van der Waals surface area contributed by atoms with E-state index in [4.69, 9.17) is 25.5 Å². The van der Waals surface area contributed by atoms with Crippen LogP contribution in [0.15, 0.2) is 46.9 Å². The van der Waals surface area contributed by atoms with E-state index in [1.54, 1.807) is 25.1 Å². The summed E-state index contributed by atoms with van der Waals surface area (Å²) in [5.41, 5.74) is 3.42. The van der Waals surface area contributed by atoms with Crippen molar-refractivity contribution in [1.29, 1.82) is 0 Å². The van der Waals surface area contributed by atoms with Gasteiger partial charge in [-0.1, -0.05) is 35.9 Å². The highest BCUT2D eigenvalue weighted by Crippen LogP contribution is 2.27. The number of hydrogen-bond acceptors (Lipinski definition) is 5. The van der Waals surface area contributed by atoms with Gasteiger partial charge in [0.1, 0.15) is 23.8 Å². The number of carbonyl (C=O) groups is 1. The summed E-state index contributed by atoms with van der Waals surface area (Å²) in [7, 11) is 0. The molecule has 0 radical (unpaired) electrons. The number of benzene rings is 2. The van der Waals surface area contributed by atoms with Crippen LogP contribution in [-0.4, -0.2) is 28.8 Å².